The fourth-order valence-corrected chi connectivity index (χ4v) is 4.94. The highest BCUT2D eigenvalue weighted by atomic mass is 16.6. The lowest BCUT2D eigenvalue weighted by Gasteiger charge is -2.29. The number of amides is 2. The number of hydrogen-bond donors (Lipinski definition) is 3. The second-order valence-electron chi connectivity index (χ2n) is 9.25. The Kier molecular flexibility index (Phi) is 7.70. The van der Waals surface area contributed by atoms with Gasteiger partial charge in [0.05, 0.1) is 13.0 Å². The van der Waals surface area contributed by atoms with Crippen molar-refractivity contribution in [3.05, 3.63) is 59.7 Å². The molecule has 1 fully saturated rings. The molecule has 0 bridgehead atoms. The van der Waals surface area contributed by atoms with Gasteiger partial charge in [0.2, 0.25) is 5.91 Å². The van der Waals surface area contributed by atoms with Crippen LogP contribution < -0.4 is 10.6 Å². The first-order chi connectivity index (χ1) is 16.9. The van der Waals surface area contributed by atoms with E-state index in [0.717, 1.165) is 35.1 Å². The van der Waals surface area contributed by atoms with Gasteiger partial charge in [-0.3, -0.25) is 9.59 Å². The zero-order valence-electron chi connectivity index (χ0n) is 19.9. The van der Waals surface area contributed by atoms with E-state index in [1.807, 2.05) is 43.3 Å². The van der Waals surface area contributed by atoms with Gasteiger partial charge in [0.1, 0.15) is 12.1 Å². The van der Waals surface area contributed by atoms with Gasteiger partial charge < -0.3 is 25.2 Å². The van der Waals surface area contributed by atoms with E-state index in [2.05, 4.69) is 22.8 Å². The number of unbranched alkanes of at least 4 members (excludes halogenated alkanes) is 1. The molecule has 0 aromatic heterocycles. The molecule has 0 radical (unpaired) electrons. The highest BCUT2D eigenvalue weighted by molar-refractivity contribution is 5.91. The van der Waals surface area contributed by atoms with E-state index in [4.69, 9.17) is 9.47 Å². The zero-order chi connectivity index (χ0) is 24.8. The number of rotatable bonds is 10. The van der Waals surface area contributed by atoms with Gasteiger partial charge in [-0.25, -0.2) is 4.79 Å². The molecule has 8 nitrogen and oxygen atoms in total. The summed E-state index contributed by atoms with van der Waals surface area (Å²) in [5.41, 5.74) is 3.18. The molecule has 0 spiro atoms. The van der Waals surface area contributed by atoms with E-state index in [1.54, 1.807) is 0 Å². The normalized spacial score (nSPS) is 19.5. The monoisotopic (exact) mass is 480 g/mol. The van der Waals surface area contributed by atoms with Gasteiger partial charge in [0.25, 0.3) is 0 Å². The molecular formula is C27H32N2O6. The third-order valence-corrected chi connectivity index (χ3v) is 6.80. The molecule has 1 unspecified atom stereocenters. The van der Waals surface area contributed by atoms with Gasteiger partial charge in [-0.15, -0.1) is 0 Å². The molecule has 186 valence electrons. The van der Waals surface area contributed by atoms with E-state index in [0.29, 0.717) is 13.0 Å². The van der Waals surface area contributed by atoms with Crippen molar-refractivity contribution >= 4 is 18.0 Å². The van der Waals surface area contributed by atoms with Crippen LogP contribution in [0.3, 0.4) is 0 Å². The molecule has 3 N–H and O–H groups in total. The summed E-state index contributed by atoms with van der Waals surface area (Å²) in [7, 11) is 0. The average molecular weight is 481 g/mol. The lowest BCUT2D eigenvalue weighted by molar-refractivity contribution is -0.138. The third kappa shape index (κ3) is 5.48. The lowest BCUT2D eigenvalue weighted by atomic mass is 9.96. The number of carbonyl (C=O) groups is 3. The van der Waals surface area contributed by atoms with Crippen molar-refractivity contribution in [1.82, 2.24) is 10.6 Å². The first-order valence-corrected chi connectivity index (χ1v) is 12.2. The molecule has 1 saturated heterocycles. The minimum absolute atomic E-state index is 0.0105. The van der Waals surface area contributed by atoms with Gasteiger partial charge in [0.15, 0.2) is 0 Å². The molecule has 2 amide bonds. The molecule has 0 saturated carbocycles. The van der Waals surface area contributed by atoms with Crippen LogP contribution in [0.5, 0.6) is 0 Å². The van der Waals surface area contributed by atoms with Crippen molar-refractivity contribution < 1.29 is 29.0 Å². The van der Waals surface area contributed by atoms with Gasteiger partial charge in [-0.1, -0.05) is 68.3 Å². The number of carbonyl (C=O) groups excluding carboxylic acids is 2. The van der Waals surface area contributed by atoms with Crippen LogP contribution in [0.25, 0.3) is 11.1 Å². The second kappa shape index (κ2) is 10.9. The van der Waals surface area contributed by atoms with Crippen molar-refractivity contribution in [2.24, 2.45) is 0 Å². The minimum atomic E-state index is -1.29. The number of ether oxygens (including phenoxy) is 2. The molecule has 2 aliphatic rings. The van der Waals surface area contributed by atoms with E-state index in [1.165, 1.54) is 0 Å². The number of hydrogen-bond acceptors (Lipinski definition) is 5. The number of aliphatic carboxylic acids is 1. The van der Waals surface area contributed by atoms with Crippen LogP contribution >= 0.6 is 0 Å². The number of fused-ring (bicyclic) bond motifs is 3. The number of carboxylic acids is 1. The largest absolute Gasteiger partial charge is 0.481 e. The van der Waals surface area contributed by atoms with Gasteiger partial charge in [-0.05, 0) is 28.7 Å². The first-order valence-electron chi connectivity index (χ1n) is 12.2. The topological polar surface area (TPSA) is 114 Å². The second-order valence-corrected chi connectivity index (χ2v) is 9.25. The van der Waals surface area contributed by atoms with Crippen LogP contribution in [-0.2, 0) is 19.1 Å². The maximum atomic E-state index is 13.2. The van der Waals surface area contributed by atoms with Crippen LogP contribution in [0.1, 0.15) is 56.1 Å². The van der Waals surface area contributed by atoms with Gasteiger partial charge >= 0.3 is 12.1 Å². The van der Waals surface area contributed by atoms with Crippen molar-refractivity contribution in [3.63, 3.8) is 0 Å². The number of nitrogens with one attached hydrogen (secondary N) is 2. The fraction of sp³-hybridized carbons (Fsp3) is 0.444. The maximum Gasteiger partial charge on any atom is 0.408 e. The number of benzene rings is 2. The summed E-state index contributed by atoms with van der Waals surface area (Å²) >= 11 is 0. The van der Waals surface area contributed by atoms with Gasteiger partial charge in [0, 0.05) is 25.0 Å². The molecule has 2 atom stereocenters. The summed E-state index contributed by atoms with van der Waals surface area (Å²) in [6, 6.07) is 15.6. The van der Waals surface area contributed by atoms with Crippen molar-refractivity contribution in [2.75, 3.05) is 19.8 Å². The Morgan fingerprint density at radius 1 is 1.11 bits per heavy atom. The van der Waals surface area contributed by atoms with Crippen LogP contribution in [-0.4, -0.2) is 54.5 Å². The zero-order valence-corrected chi connectivity index (χ0v) is 19.9. The molecule has 4 rings (SSSR count). The average Bonchev–Trinajstić information content (AvgIpc) is 3.44. The molecule has 35 heavy (non-hydrogen) atoms. The molecule has 1 aliphatic carbocycles. The lowest BCUT2D eigenvalue weighted by Crippen LogP contribution is -2.61. The Morgan fingerprint density at radius 2 is 1.77 bits per heavy atom. The van der Waals surface area contributed by atoms with Gasteiger partial charge in [-0.2, -0.15) is 0 Å². The van der Waals surface area contributed by atoms with E-state index >= 15 is 0 Å². The van der Waals surface area contributed by atoms with E-state index < -0.39 is 29.6 Å². The quantitative estimate of drug-likeness (QED) is 0.476. The Balaban J connectivity index is 1.42. The minimum Gasteiger partial charge on any atom is -0.481 e. The van der Waals surface area contributed by atoms with Crippen LogP contribution in [0.2, 0.25) is 0 Å². The molecule has 1 heterocycles. The molecule has 2 aromatic rings. The summed E-state index contributed by atoms with van der Waals surface area (Å²) in [4.78, 5) is 37.3. The van der Waals surface area contributed by atoms with Crippen LogP contribution in [0.4, 0.5) is 4.79 Å². The summed E-state index contributed by atoms with van der Waals surface area (Å²) in [5.74, 6) is -1.51. The molecule has 2 aromatic carbocycles. The summed E-state index contributed by atoms with van der Waals surface area (Å²) < 4.78 is 11.1. The highest BCUT2D eigenvalue weighted by Gasteiger charge is 2.45. The highest BCUT2D eigenvalue weighted by Crippen LogP contribution is 2.44. The summed E-state index contributed by atoms with van der Waals surface area (Å²) in [6.07, 6.45) is 1.65. The summed E-state index contributed by atoms with van der Waals surface area (Å²) in [5, 5.41) is 14.8. The Bertz CT molecular complexity index is 1030. The van der Waals surface area contributed by atoms with Crippen LogP contribution in [0.15, 0.2) is 48.5 Å². The Hall–Kier alpha value is -3.39. The smallest absolute Gasteiger partial charge is 0.408 e. The predicted octanol–water partition coefficient (Wildman–Crippen LogP) is 3.83. The number of carboxylic acid groups (broad SMARTS) is 1. The van der Waals surface area contributed by atoms with E-state index in [9.17, 15) is 19.5 Å². The number of alkyl carbamates (subject to hydrolysis) is 1. The van der Waals surface area contributed by atoms with Crippen molar-refractivity contribution in [2.45, 2.75) is 56.5 Å². The molecule has 1 aliphatic heterocycles. The van der Waals surface area contributed by atoms with Crippen molar-refractivity contribution in [3.8, 4) is 11.1 Å². The Morgan fingerprint density at radius 3 is 2.34 bits per heavy atom. The molecule has 8 heteroatoms. The third-order valence-electron chi connectivity index (χ3n) is 6.80. The maximum absolute atomic E-state index is 13.2. The van der Waals surface area contributed by atoms with Crippen LogP contribution in [0, 0.1) is 0 Å². The van der Waals surface area contributed by atoms with E-state index in [-0.39, 0.29) is 32.0 Å². The molecular weight excluding hydrogens is 448 g/mol. The predicted molar refractivity (Wildman–Crippen MR) is 130 cm³/mol. The standard InChI is InChI=1S/C27H32N2O6/c1-2-3-8-18(15-24(30)31)28-25(32)27(13-14-34-17-27)29-26(33)35-16-23-21-11-6-4-9-19(21)20-10-5-7-12-22(20)23/h4-7,9-12,18,23H,2-3,8,13-17H2,1H3,(H,28,32)(H,29,33)(H,30,31)/t18-,27?/m1/s1. The SMILES string of the molecule is CCCC[C@H](CC(=O)O)NC(=O)C1(NC(=O)OCC2c3ccccc3-c3ccccc32)CCOC1. The first kappa shape index (κ1) is 24.7. The van der Waals surface area contributed by atoms with Crippen molar-refractivity contribution in [1.29, 1.82) is 0 Å². The summed E-state index contributed by atoms with van der Waals surface area (Å²) in [6.45, 7) is 2.47. The fourth-order valence-electron chi connectivity index (χ4n) is 4.94. The Labute approximate surface area is 205 Å².